The van der Waals surface area contributed by atoms with Crippen LogP contribution in [0.5, 0.6) is 0 Å². The van der Waals surface area contributed by atoms with Crippen LogP contribution in [0.4, 0.5) is 0 Å². The van der Waals surface area contributed by atoms with Crippen LogP contribution < -0.4 is 5.32 Å². The number of carbonyl (C=O) groups excluding carboxylic acids is 1. The van der Waals surface area contributed by atoms with Crippen molar-refractivity contribution in [2.45, 2.75) is 45.6 Å². The second-order valence-electron chi connectivity index (χ2n) is 4.33. The number of nitrogens with one attached hydrogen (secondary N) is 1. The van der Waals surface area contributed by atoms with Crippen molar-refractivity contribution in [3.8, 4) is 0 Å². The van der Waals surface area contributed by atoms with Gasteiger partial charge in [-0.2, -0.15) is 4.37 Å². The summed E-state index contributed by atoms with van der Waals surface area (Å²) in [6, 6.07) is 0. The van der Waals surface area contributed by atoms with Crippen LogP contribution in [0.3, 0.4) is 0 Å². The van der Waals surface area contributed by atoms with Crippen molar-refractivity contribution >= 4 is 23.4 Å². The Morgan fingerprint density at radius 3 is 2.44 bits per heavy atom. The topological polar surface area (TPSA) is 79.3 Å². The molecule has 1 heterocycles. The molecule has 0 spiro atoms. The van der Waals surface area contributed by atoms with Gasteiger partial charge in [0.2, 0.25) is 0 Å². The van der Waals surface area contributed by atoms with Gasteiger partial charge < -0.3 is 10.4 Å². The highest BCUT2D eigenvalue weighted by molar-refractivity contribution is 7.03. The number of carboxylic acids is 1. The first-order valence-corrected chi connectivity index (χ1v) is 6.73. The van der Waals surface area contributed by atoms with Crippen LogP contribution in [-0.4, -0.2) is 26.9 Å². The number of rotatable bonds is 6. The molecule has 1 aromatic rings. The molecule has 0 saturated heterocycles. The lowest BCUT2D eigenvalue weighted by Gasteiger charge is -2.31. The number of carboxylic acid groups (broad SMARTS) is 1. The zero-order chi connectivity index (χ0) is 13.8. The van der Waals surface area contributed by atoms with E-state index in [9.17, 15) is 9.59 Å². The van der Waals surface area contributed by atoms with E-state index >= 15 is 0 Å². The molecule has 0 unspecified atom stereocenters. The number of hydrogen-bond acceptors (Lipinski definition) is 4. The Morgan fingerprint density at radius 2 is 2.06 bits per heavy atom. The van der Waals surface area contributed by atoms with Gasteiger partial charge in [-0.05, 0) is 31.3 Å². The third-order valence-electron chi connectivity index (χ3n) is 3.22. The maximum Gasteiger partial charge on any atom is 0.305 e. The summed E-state index contributed by atoms with van der Waals surface area (Å²) in [5.74, 6) is -1.15. The predicted octanol–water partition coefficient (Wildman–Crippen LogP) is 2.21. The van der Waals surface area contributed by atoms with Gasteiger partial charge in [0.25, 0.3) is 5.91 Å². The lowest BCUT2D eigenvalue weighted by molar-refractivity contribution is -0.138. The predicted molar refractivity (Wildman–Crippen MR) is 69.9 cm³/mol. The Bertz CT molecular complexity index is 438. The summed E-state index contributed by atoms with van der Waals surface area (Å²) in [5, 5.41) is 13.5. The van der Waals surface area contributed by atoms with E-state index in [1.54, 1.807) is 12.3 Å². The molecule has 0 atom stereocenters. The van der Waals surface area contributed by atoms with Crippen molar-refractivity contribution < 1.29 is 14.7 Å². The van der Waals surface area contributed by atoms with Gasteiger partial charge in [-0.3, -0.25) is 9.59 Å². The van der Waals surface area contributed by atoms with Gasteiger partial charge in [0.1, 0.15) is 0 Å². The average molecular weight is 270 g/mol. The summed E-state index contributed by atoms with van der Waals surface area (Å²) in [5.41, 5.74) is 0.516. The maximum atomic E-state index is 12.1. The number of aryl methyl sites for hydroxylation is 1. The fourth-order valence-corrected chi connectivity index (χ4v) is 2.52. The highest BCUT2D eigenvalue weighted by Crippen LogP contribution is 2.21. The van der Waals surface area contributed by atoms with Crippen LogP contribution in [0.15, 0.2) is 5.38 Å². The number of aliphatic carboxylic acids is 1. The van der Waals surface area contributed by atoms with Gasteiger partial charge in [-0.25, -0.2) is 0 Å². The molecule has 2 N–H and O–H groups in total. The summed E-state index contributed by atoms with van der Waals surface area (Å²) >= 11 is 1.22. The Hall–Kier alpha value is -1.43. The van der Waals surface area contributed by atoms with Gasteiger partial charge in [-0.15, -0.1) is 0 Å². The summed E-state index contributed by atoms with van der Waals surface area (Å²) in [6.45, 7) is 5.53. The van der Waals surface area contributed by atoms with E-state index in [-0.39, 0.29) is 12.3 Å². The van der Waals surface area contributed by atoms with Crippen LogP contribution >= 0.6 is 11.5 Å². The molecule has 0 aliphatic carbocycles. The number of amides is 1. The highest BCUT2D eigenvalue weighted by atomic mass is 32.1. The Labute approximate surface area is 110 Å². The molecular weight excluding hydrogens is 252 g/mol. The second-order valence-corrected chi connectivity index (χ2v) is 4.95. The molecule has 5 nitrogen and oxygen atoms in total. The molecule has 0 radical (unpaired) electrons. The minimum Gasteiger partial charge on any atom is -0.481 e. The second kappa shape index (κ2) is 5.95. The van der Waals surface area contributed by atoms with E-state index in [4.69, 9.17) is 5.11 Å². The lowest BCUT2D eigenvalue weighted by Crippen LogP contribution is -2.49. The number of carbonyl (C=O) groups is 2. The normalized spacial score (nSPS) is 11.3. The van der Waals surface area contributed by atoms with Gasteiger partial charge in [0.05, 0.1) is 23.2 Å². The summed E-state index contributed by atoms with van der Waals surface area (Å²) in [7, 11) is 0. The van der Waals surface area contributed by atoms with Crippen molar-refractivity contribution in [1.29, 1.82) is 0 Å². The third-order valence-corrected chi connectivity index (χ3v) is 3.94. The molecule has 1 amide bonds. The van der Waals surface area contributed by atoms with Crippen molar-refractivity contribution in [2.24, 2.45) is 0 Å². The molecule has 1 aromatic heterocycles. The van der Waals surface area contributed by atoms with Crippen molar-refractivity contribution in [3.63, 3.8) is 0 Å². The quantitative estimate of drug-likeness (QED) is 0.830. The van der Waals surface area contributed by atoms with Gasteiger partial charge in [0, 0.05) is 5.38 Å². The van der Waals surface area contributed by atoms with E-state index < -0.39 is 11.5 Å². The zero-order valence-electron chi connectivity index (χ0n) is 10.8. The van der Waals surface area contributed by atoms with E-state index in [1.165, 1.54) is 11.5 Å². The van der Waals surface area contributed by atoms with Crippen molar-refractivity contribution in [1.82, 2.24) is 9.69 Å². The smallest absolute Gasteiger partial charge is 0.305 e. The zero-order valence-corrected chi connectivity index (χ0v) is 11.6. The van der Waals surface area contributed by atoms with E-state index in [0.29, 0.717) is 24.1 Å². The first-order valence-electron chi connectivity index (χ1n) is 5.89. The first-order chi connectivity index (χ1) is 8.44. The molecular formula is C12H18N2O3S. The minimum absolute atomic E-state index is 0.0671. The summed E-state index contributed by atoms with van der Waals surface area (Å²) in [4.78, 5) is 23.0. The summed E-state index contributed by atoms with van der Waals surface area (Å²) in [6.07, 6.45) is 1.10. The van der Waals surface area contributed by atoms with Gasteiger partial charge in [-0.1, -0.05) is 13.8 Å². The number of aromatic nitrogens is 1. The maximum absolute atomic E-state index is 12.1. The third kappa shape index (κ3) is 3.29. The van der Waals surface area contributed by atoms with Gasteiger partial charge in [0.15, 0.2) is 0 Å². The van der Waals surface area contributed by atoms with E-state index in [1.807, 2.05) is 13.8 Å². The fraction of sp³-hybridized carbons (Fsp3) is 0.583. The number of hydrogen-bond donors (Lipinski definition) is 2. The molecule has 0 saturated carbocycles. The molecule has 1 rings (SSSR count). The molecule has 0 bridgehead atoms. The molecule has 18 heavy (non-hydrogen) atoms. The van der Waals surface area contributed by atoms with E-state index in [0.717, 1.165) is 0 Å². The van der Waals surface area contributed by atoms with E-state index in [2.05, 4.69) is 9.69 Å². The van der Waals surface area contributed by atoms with Crippen LogP contribution in [0.2, 0.25) is 0 Å². The van der Waals surface area contributed by atoms with Gasteiger partial charge >= 0.3 is 5.97 Å². The Kier molecular flexibility index (Phi) is 4.84. The molecule has 0 aliphatic heterocycles. The molecule has 0 aromatic carbocycles. The van der Waals surface area contributed by atoms with Crippen molar-refractivity contribution in [2.75, 3.05) is 0 Å². The lowest BCUT2D eigenvalue weighted by atomic mass is 9.88. The van der Waals surface area contributed by atoms with Crippen LogP contribution in [-0.2, 0) is 4.79 Å². The molecule has 0 aliphatic rings. The monoisotopic (exact) mass is 270 g/mol. The van der Waals surface area contributed by atoms with Crippen LogP contribution in [0.25, 0.3) is 0 Å². The SMILES string of the molecule is CCC(CC)(CC(=O)O)NC(=O)c1csnc1C. The standard InChI is InChI=1S/C12H18N2O3S/c1-4-12(5-2,6-10(15)16)13-11(17)9-7-18-14-8(9)3/h7H,4-6H2,1-3H3,(H,13,17)(H,15,16). The Balaban J connectivity index is 2.87. The fourth-order valence-electron chi connectivity index (χ4n) is 1.83. The minimum atomic E-state index is -0.904. The molecule has 6 heteroatoms. The highest BCUT2D eigenvalue weighted by Gasteiger charge is 2.31. The average Bonchev–Trinajstić information content (AvgIpc) is 2.74. The Morgan fingerprint density at radius 1 is 1.44 bits per heavy atom. The van der Waals surface area contributed by atoms with Crippen LogP contribution in [0.1, 0.15) is 49.2 Å². The molecule has 0 fully saturated rings. The number of nitrogens with zero attached hydrogens (tertiary/aromatic N) is 1. The van der Waals surface area contributed by atoms with Crippen LogP contribution in [0, 0.1) is 6.92 Å². The summed E-state index contributed by atoms with van der Waals surface area (Å²) < 4.78 is 4.04. The first kappa shape index (κ1) is 14.6. The largest absolute Gasteiger partial charge is 0.481 e. The van der Waals surface area contributed by atoms with Crippen molar-refractivity contribution in [3.05, 3.63) is 16.6 Å². The molecule has 100 valence electrons.